The lowest BCUT2D eigenvalue weighted by atomic mass is 9.97. The fraction of sp³-hybridized carbons (Fsp3) is 0.522. The first-order valence-corrected chi connectivity index (χ1v) is 21.1. The number of rotatable bonds is 20. The van der Waals surface area contributed by atoms with E-state index in [1.807, 2.05) is 42.5 Å². The highest BCUT2D eigenvalue weighted by molar-refractivity contribution is 5.95. The molecule has 0 spiro atoms. The maximum absolute atomic E-state index is 13.8. The number of carbonyl (C=O) groups is 6. The fourth-order valence-electron chi connectivity index (χ4n) is 6.72. The Balaban J connectivity index is 1.74. The molecule has 14 heteroatoms. The van der Waals surface area contributed by atoms with E-state index in [2.05, 4.69) is 28.2 Å². The Morgan fingerprint density at radius 1 is 0.917 bits per heavy atom. The minimum atomic E-state index is -1.29. The van der Waals surface area contributed by atoms with Gasteiger partial charge in [0.2, 0.25) is 29.5 Å². The highest BCUT2D eigenvalue weighted by atomic mass is 16.5. The van der Waals surface area contributed by atoms with E-state index in [-0.39, 0.29) is 36.8 Å². The normalized spacial score (nSPS) is 19.2. The van der Waals surface area contributed by atoms with E-state index in [0.717, 1.165) is 37.3 Å². The van der Waals surface area contributed by atoms with Crippen LogP contribution < -0.4 is 21.3 Å². The van der Waals surface area contributed by atoms with Crippen molar-refractivity contribution in [3.63, 3.8) is 0 Å². The second-order valence-electron chi connectivity index (χ2n) is 16.1. The van der Waals surface area contributed by atoms with Gasteiger partial charge in [0.1, 0.15) is 30.5 Å². The molecule has 3 rings (SSSR count). The molecule has 6 atom stereocenters. The predicted octanol–water partition coefficient (Wildman–Crippen LogP) is 4.04. The van der Waals surface area contributed by atoms with Gasteiger partial charge in [0.25, 0.3) is 0 Å². The number of nitrogens with one attached hydrogen (secondary N) is 4. The molecule has 0 aliphatic carbocycles. The number of phenols is 1. The lowest BCUT2D eigenvalue weighted by molar-refractivity contribution is -0.156. The van der Waals surface area contributed by atoms with Gasteiger partial charge in [0, 0.05) is 26.0 Å². The third-order valence-electron chi connectivity index (χ3n) is 10.4. The Morgan fingerprint density at radius 2 is 1.62 bits per heavy atom. The van der Waals surface area contributed by atoms with Crippen LogP contribution in [0.5, 0.6) is 5.75 Å². The Hall–Kier alpha value is -5.50. The Labute approximate surface area is 354 Å². The molecule has 0 bridgehead atoms. The van der Waals surface area contributed by atoms with Crippen molar-refractivity contribution < 1.29 is 43.7 Å². The maximum atomic E-state index is 13.8. The number of nitrogens with zero attached hydrogens (tertiary/aromatic N) is 1. The first-order chi connectivity index (χ1) is 28.6. The number of phenolic OH excluding ortho intramolecular Hbond substituents is 1. The summed E-state index contributed by atoms with van der Waals surface area (Å²) >= 11 is 0. The summed E-state index contributed by atoms with van der Waals surface area (Å²) in [6.45, 7) is 8.73. The van der Waals surface area contributed by atoms with Crippen LogP contribution in [-0.2, 0) is 46.3 Å². The molecule has 5 amide bonds. The van der Waals surface area contributed by atoms with Gasteiger partial charge in [-0.2, -0.15) is 0 Å². The molecule has 0 saturated carbocycles. The first-order valence-electron chi connectivity index (χ1n) is 21.1. The van der Waals surface area contributed by atoms with Crippen LogP contribution in [0.3, 0.4) is 0 Å². The number of hydrogen-bond donors (Lipinski definition) is 6. The van der Waals surface area contributed by atoms with Crippen molar-refractivity contribution >= 4 is 35.5 Å². The molecular formula is C46H65N5O9. The van der Waals surface area contributed by atoms with Gasteiger partial charge in [-0.15, -0.1) is 0 Å². The number of hydrogen-bond acceptors (Lipinski definition) is 9. The summed E-state index contributed by atoms with van der Waals surface area (Å²) in [6.07, 6.45) is 10.4. The van der Waals surface area contributed by atoms with Crippen molar-refractivity contribution in [1.82, 2.24) is 26.2 Å². The second-order valence-corrected chi connectivity index (χ2v) is 16.1. The van der Waals surface area contributed by atoms with E-state index < -0.39 is 84.9 Å². The number of amides is 5. The van der Waals surface area contributed by atoms with E-state index >= 15 is 0 Å². The van der Waals surface area contributed by atoms with Crippen molar-refractivity contribution in [3.05, 3.63) is 90.0 Å². The van der Waals surface area contributed by atoms with Crippen LogP contribution in [-0.4, -0.2) is 101 Å². The SMILES string of the molecule is CCCCCCC=CCC(=O)N[C@@H](Cc1ccccc1)[C@@H](O)CC(=O)N[C@H](C(=O)N[C@@H]1C=CC(=O)N[C@@H](C(C)C)C(=O)N(C)[C@@H](Cc2ccc(O)cc2)C(=O)OC1)C(C)C. The van der Waals surface area contributed by atoms with Gasteiger partial charge >= 0.3 is 5.97 Å². The molecule has 14 nitrogen and oxygen atoms in total. The predicted molar refractivity (Wildman–Crippen MR) is 229 cm³/mol. The summed E-state index contributed by atoms with van der Waals surface area (Å²) < 4.78 is 5.68. The summed E-state index contributed by atoms with van der Waals surface area (Å²) in [4.78, 5) is 81.8. The number of aliphatic hydroxyl groups excluding tert-OH is 1. The Bertz CT molecular complexity index is 1760. The smallest absolute Gasteiger partial charge is 0.329 e. The van der Waals surface area contributed by atoms with Gasteiger partial charge < -0.3 is 41.1 Å². The van der Waals surface area contributed by atoms with Crippen molar-refractivity contribution in [2.75, 3.05) is 13.7 Å². The molecule has 0 radical (unpaired) electrons. The number of unbranched alkanes of at least 4 members (excludes halogenated alkanes) is 4. The van der Waals surface area contributed by atoms with Gasteiger partial charge in [-0.3, -0.25) is 24.0 Å². The molecule has 1 aliphatic heterocycles. The van der Waals surface area contributed by atoms with Crippen LogP contribution in [0.4, 0.5) is 0 Å². The van der Waals surface area contributed by atoms with Crippen LogP contribution in [0.25, 0.3) is 0 Å². The molecule has 1 aliphatic rings. The molecule has 0 fully saturated rings. The van der Waals surface area contributed by atoms with E-state index in [1.54, 1.807) is 39.8 Å². The summed E-state index contributed by atoms with van der Waals surface area (Å²) in [7, 11) is 1.45. The van der Waals surface area contributed by atoms with E-state index in [0.29, 0.717) is 5.56 Å². The molecule has 0 aromatic heterocycles. The van der Waals surface area contributed by atoms with Crippen LogP contribution >= 0.6 is 0 Å². The van der Waals surface area contributed by atoms with E-state index in [4.69, 9.17) is 4.74 Å². The summed E-state index contributed by atoms with van der Waals surface area (Å²) in [5.41, 5.74) is 1.50. The van der Waals surface area contributed by atoms with Gasteiger partial charge in [-0.1, -0.05) is 115 Å². The lowest BCUT2D eigenvalue weighted by Gasteiger charge is -2.32. The standard InChI is InChI=1S/C46H65N5O9/c1-7-8-9-10-11-12-16-19-39(54)48-36(26-32-17-14-13-15-18-32)38(53)28-41(56)50-42(30(2)3)44(57)47-34-22-25-40(55)49-43(31(4)5)45(58)51(6)37(46(59)60-29-34)27-33-20-23-35(52)24-21-33/h12-18,20-25,30-31,34,36-38,42-43,52-53H,7-11,19,26-29H2,1-6H3,(H,47,57)(H,48,54)(H,49,55)(H,50,56)/t34-,36+,37+,38+,42+,43+/m1/s1. The molecule has 2 aromatic rings. The minimum Gasteiger partial charge on any atom is -0.508 e. The van der Waals surface area contributed by atoms with E-state index in [9.17, 15) is 39.0 Å². The van der Waals surface area contributed by atoms with Crippen molar-refractivity contribution in [1.29, 1.82) is 0 Å². The van der Waals surface area contributed by atoms with Gasteiger partial charge in [-0.05, 0) is 54.4 Å². The third kappa shape index (κ3) is 16.6. The molecule has 328 valence electrons. The zero-order chi connectivity index (χ0) is 44.2. The van der Waals surface area contributed by atoms with Crippen LogP contribution in [0.15, 0.2) is 78.9 Å². The number of likely N-dealkylation sites (N-methyl/N-ethyl adjacent to an activating group) is 1. The third-order valence-corrected chi connectivity index (χ3v) is 10.4. The minimum absolute atomic E-state index is 0.0347. The molecule has 1 heterocycles. The first kappa shape index (κ1) is 48.9. The number of benzene rings is 2. The zero-order valence-corrected chi connectivity index (χ0v) is 35.9. The molecular weight excluding hydrogens is 767 g/mol. The highest BCUT2D eigenvalue weighted by Crippen LogP contribution is 2.18. The molecule has 6 N–H and O–H groups in total. The van der Waals surface area contributed by atoms with Gasteiger partial charge in [-0.25, -0.2) is 4.79 Å². The van der Waals surface area contributed by atoms with Gasteiger partial charge in [0.15, 0.2) is 0 Å². The summed E-state index contributed by atoms with van der Waals surface area (Å²) in [5.74, 6) is -4.12. The van der Waals surface area contributed by atoms with Crippen molar-refractivity contribution in [2.45, 2.75) is 129 Å². The zero-order valence-electron chi connectivity index (χ0n) is 35.9. The quantitative estimate of drug-likeness (QED) is 0.0647. The van der Waals surface area contributed by atoms with E-state index in [1.165, 1.54) is 36.6 Å². The summed E-state index contributed by atoms with van der Waals surface area (Å²) in [6, 6.07) is 10.5. The number of aliphatic hydroxyl groups is 1. The summed E-state index contributed by atoms with van der Waals surface area (Å²) in [5, 5.41) is 32.2. The van der Waals surface area contributed by atoms with Crippen molar-refractivity contribution in [3.8, 4) is 5.75 Å². The number of esters is 1. The number of carbonyl (C=O) groups excluding carboxylic acids is 6. The van der Waals surface area contributed by atoms with Crippen molar-refractivity contribution in [2.24, 2.45) is 11.8 Å². The highest BCUT2D eigenvalue weighted by Gasteiger charge is 2.36. The Kier molecular flexibility index (Phi) is 20.5. The monoisotopic (exact) mass is 831 g/mol. The van der Waals surface area contributed by atoms with Gasteiger partial charge in [0.05, 0.1) is 24.6 Å². The average molecular weight is 832 g/mol. The number of allylic oxidation sites excluding steroid dienone is 1. The Morgan fingerprint density at radius 3 is 2.27 bits per heavy atom. The topological polar surface area (TPSA) is 203 Å². The molecule has 0 saturated heterocycles. The second kappa shape index (κ2) is 25.2. The number of ether oxygens (including phenoxy) is 1. The number of aromatic hydroxyl groups is 1. The van der Waals surface area contributed by atoms with Crippen LogP contribution in [0.1, 0.15) is 90.7 Å². The average Bonchev–Trinajstić information content (AvgIpc) is 3.21. The number of cyclic esters (lactones) is 1. The van der Waals surface area contributed by atoms with Crippen LogP contribution in [0.2, 0.25) is 0 Å². The van der Waals surface area contributed by atoms with Crippen LogP contribution in [0, 0.1) is 11.8 Å². The largest absolute Gasteiger partial charge is 0.508 e. The molecule has 60 heavy (non-hydrogen) atoms. The molecule has 2 aromatic carbocycles. The lowest BCUT2D eigenvalue weighted by Crippen LogP contribution is -2.56. The maximum Gasteiger partial charge on any atom is 0.329 e. The molecule has 0 unspecified atom stereocenters. The fourth-order valence-corrected chi connectivity index (χ4v) is 6.72.